The first-order chi connectivity index (χ1) is 27.5. The molecule has 0 unspecified atom stereocenters. The summed E-state index contributed by atoms with van der Waals surface area (Å²) in [6.45, 7) is 7.63. The summed E-state index contributed by atoms with van der Waals surface area (Å²) >= 11 is 0. The van der Waals surface area contributed by atoms with Gasteiger partial charge in [0.05, 0.1) is 29.6 Å². The van der Waals surface area contributed by atoms with Crippen LogP contribution in [0.1, 0.15) is 27.8 Å². The molecule has 0 fully saturated rings. The molecular weight excluding hydrogens is 731 g/mol. The fourth-order valence-corrected chi connectivity index (χ4v) is 7.47. The Balaban J connectivity index is 0.000000203. The molecule has 7 nitrogen and oxygen atoms in total. The van der Waals surface area contributed by atoms with E-state index in [4.69, 9.17) is 18.9 Å². The Hall–Kier alpha value is -6.82. The lowest BCUT2D eigenvalue weighted by atomic mass is 10.1. The summed E-state index contributed by atoms with van der Waals surface area (Å²) in [7, 11) is -0.294. The van der Waals surface area contributed by atoms with Gasteiger partial charge in [0.15, 0.2) is 0 Å². The van der Waals surface area contributed by atoms with Crippen LogP contribution < -0.4 is 18.9 Å². The molecule has 0 radical (unpaired) electrons. The zero-order chi connectivity index (χ0) is 40.5. The van der Waals surface area contributed by atoms with Crippen LogP contribution in [0.5, 0.6) is 34.5 Å². The van der Waals surface area contributed by atoms with Crippen LogP contribution in [0.15, 0.2) is 161 Å². The Morgan fingerprint density at radius 2 is 0.860 bits per heavy atom. The minimum atomic E-state index is -3.60. The highest BCUT2D eigenvalue weighted by Crippen LogP contribution is 2.33. The molecule has 0 aliphatic carbocycles. The van der Waals surface area contributed by atoms with E-state index in [1.54, 1.807) is 44.6 Å². The van der Waals surface area contributed by atoms with E-state index in [1.165, 1.54) is 0 Å². The monoisotopic (exact) mass is 773 g/mol. The Morgan fingerprint density at radius 3 is 1.28 bits per heavy atom. The molecule has 0 atom stereocenters. The second kappa shape index (κ2) is 17.8. The van der Waals surface area contributed by atoms with Gasteiger partial charge in [0.2, 0.25) is 9.84 Å². The third-order valence-corrected chi connectivity index (χ3v) is 11.4. The molecule has 0 aliphatic rings. The number of ether oxygens (including phenoxy) is 4. The van der Waals surface area contributed by atoms with Gasteiger partial charge in [-0.2, -0.15) is 5.26 Å². The van der Waals surface area contributed by atoms with E-state index < -0.39 is 9.84 Å². The topological polar surface area (TPSA) is 94.8 Å². The van der Waals surface area contributed by atoms with Crippen molar-refractivity contribution in [3.8, 4) is 62.8 Å². The third-order valence-electron chi connectivity index (χ3n) is 9.60. The largest absolute Gasteiger partial charge is 0.497 e. The lowest BCUT2D eigenvalue weighted by Crippen LogP contribution is -2.03. The Bertz CT molecular complexity index is 2630. The van der Waals surface area contributed by atoms with Crippen LogP contribution in [0, 0.1) is 39.0 Å². The van der Waals surface area contributed by atoms with Crippen molar-refractivity contribution in [2.45, 2.75) is 37.5 Å². The lowest BCUT2D eigenvalue weighted by molar-refractivity contribution is 0.415. The number of nitrogens with zero attached hydrogens (tertiary/aromatic N) is 1. The predicted octanol–water partition coefficient (Wildman–Crippen LogP) is 12.2. The molecule has 0 aliphatic heterocycles. The van der Waals surface area contributed by atoms with Crippen molar-refractivity contribution in [1.82, 2.24) is 0 Å². The minimum absolute atomic E-state index is 0.255. The summed E-state index contributed by atoms with van der Waals surface area (Å²) < 4.78 is 48.4. The van der Waals surface area contributed by atoms with Crippen LogP contribution in [-0.4, -0.2) is 22.6 Å². The van der Waals surface area contributed by atoms with Gasteiger partial charge in [0, 0.05) is 0 Å². The molecular formula is C49H43NO6S. The first-order valence-corrected chi connectivity index (χ1v) is 19.7. The quantitative estimate of drug-likeness (QED) is 0.137. The van der Waals surface area contributed by atoms with Crippen molar-refractivity contribution < 1.29 is 27.4 Å². The van der Waals surface area contributed by atoms with Gasteiger partial charge in [-0.25, -0.2) is 8.42 Å². The average Bonchev–Trinajstić information content (AvgIpc) is 3.23. The van der Waals surface area contributed by atoms with Gasteiger partial charge in [-0.15, -0.1) is 0 Å². The highest BCUT2D eigenvalue weighted by atomic mass is 32.2. The summed E-state index contributed by atoms with van der Waals surface area (Å²) in [5.41, 5.74) is 8.58. The van der Waals surface area contributed by atoms with Crippen molar-refractivity contribution in [1.29, 1.82) is 5.26 Å². The summed E-state index contributed by atoms with van der Waals surface area (Å²) in [5, 5.41) is 9.27. The van der Waals surface area contributed by atoms with Crippen molar-refractivity contribution >= 4 is 9.84 Å². The van der Waals surface area contributed by atoms with Gasteiger partial charge >= 0.3 is 0 Å². The molecule has 0 bridgehead atoms. The maximum absolute atomic E-state index is 13.1. The summed E-state index contributed by atoms with van der Waals surface area (Å²) in [6, 6.07) is 49.3. The van der Waals surface area contributed by atoms with Crippen LogP contribution in [0.2, 0.25) is 0 Å². The molecule has 0 aromatic heterocycles. The van der Waals surface area contributed by atoms with Crippen molar-refractivity contribution in [3.05, 3.63) is 179 Å². The second-order valence-corrected chi connectivity index (χ2v) is 15.4. The summed E-state index contributed by atoms with van der Waals surface area (Å²) in [5.74, 6) is 4.23. The molecule has 7 rings (SSSR count). The maximum atomic E-state index is 13.1. The molecule has 0 spiro atoms. The minimum Gasteiger partial charge on any atom is -0.497 e. The van der Waals surface area contributed by atoms with E-state index in [2.05, 4.69) is 6.07 Å². The lowest BCUT2D eigenvalue weighted by Gasteiger charge is -2.12. The van der Waals surface area contributed by atoms with Crippen LogP contribution in [0.25, 0.3) is 22.3 Å². The Morgan fingerprint density at radius 1 is 0.439 bits per heavy atom. The fraction of sp³-hybridized carbons (Fsp3) is 0.122. The number of nitriles is 1. The van der Waals surface area contributed by atoms with Gasteiger partial charge in [0.1, 0.15) is 40.6 Å². The number of aryl methyl sites for hydroxylation is 4. The van der Waals surface area contributed by atoms with Gasteiger partial charge in [-0.3, -0.25) is 0 Å². The Kier molecular flexibility index (Phi) is 12.4. The van der Waals surface area contributed by atoms with Crippen LogP contribution in [0.4, 0.5) is 0 Å². The zero-order valence-electron chi connectivity index (χ0n) is 32.7. The Labute approximate surface area is 335 Å². The van der Waals surface area contributed by atoms with E-state index in [0.717, 1.165) is 56.0 Å². The van der Waals surface area contributed by atoms with E-state index in [0.29, 0.717) is 33.5 Å². The molecule has 0 saturated heterocycles. The summed E-state index contributed by atoms with van der Waals surface area (Å²) in [6.07, 6.45) is 0. The highest BCUT2D eigenvalue weighted by Gasteiger charge is 2.19. The second-order valence-electron chi connectivity index (χ2n) is 13.4. The predicted molar refractivity (Wildman–Crippen MR) is 225 cm³/mol. The number of rotatable bonds is 10. The number of hydrogen-bond donors (Lipinski definition) is 0. The highest BCUT2D eigenvalue weighted by molar-refractivity contribution is 7.91. The molecule has 7 aromatic carbocycles. The molecule has 8 heteroatoms. The molecule has 57 heavy (non-hydrogen) atoms. The number of methoxy groups -OCH3 is 2. The smallest absolute Gasteiger partial charge is 0.206 e. The summed E-state index contributed by atoms with van der Waals surface area (Å²) in [4.78, 5) is 0.554. The van der Waals surface area contributed by atoms with Crippen LogP contribution >= 0.6 is 0 Å². The molecule has 0 N–H and O–H groups in total. The normalized spacial score (nSPS) is 10.8. The van der Waals surface area contributed by atoms with Crippen molar-refractivity contribution in [2.75, 3.05) is 14.2 Å². The van der Waals surface area contributed by atoms with Gasteiger partial charge in [-0.1, -0.05) is 66.7 Å². The molecule has 0 amide bonds. The van der Waals surface area contributed by atoms with Gasteiger partial charge in [-0.05, 0) is 157 Å². The van der Waals surface area contributed by atoms with Gasteiger partial charge < -0.3 is 18.9 Å². The zero-order valence-corrected chi connectivity index (χ0v) is 33.6. The van der Waals surface area contributed by atoms with Crippen molar-refractivity contribution in [2.24, 2.45) is 0 Å². The van der Waals surface area contributed by atoms with Crippen molar-refractivity contribution in [3.63, 3.8) is 0 Å². The van der Waals surface area contributed by atoms with Crippen LogP contribution in [0.3, 0.4) is 0 Å². The van der Waals surface area contributed by atoms with E-state index >= 15 is 0 Å². The SMILES string of the molecule is COc1ccc(-c2ccc(Oc3ccc(S(=O)(=O)c4ccc(C)c(C)c4)cc3C)cc2)cc1.COc1ccc(-c2ccc(Oc3cccc(C)c3C#N)cc2)cc1. The third kappa shape index (κ3) is 9.53. The molecule has 7 aromatic rings. The number of hydrogen-bond acceptors (Lipinski definition) is 7. The molecule has 286 valence electrons. The number of sulfone groups is 1. The fourth-order valence-electron chi connectivity index (χ4n) is 6.04. The first-order valence-electron chi connectivity index (χ1n) is 18.3. The van der Waals surface area contributed by atoms with Crippen LogP contribution in [-0.2, 0) is 9.84 Å². The van der Waals surface area contributed by atoms with Gasteiger partial charge in [0.25, 0.3) is 0 Å². The molecule has 0 heterocycles. The van der Waals surface area contributed by atoms with E-state index in [-0.39, 0.29) is 4.90 Å². The molecule has 0 saturated carbocycles. The first kappa shape index (κ1) is 39.9. The van der Waals surface area contributed by atoms with E-state index in [1.807, 2.05) is 149 Å². The average molecular weight is 774 g/mol. The maximum Gasteiger partial charge on any atom is 0.206 e. The standard InChI is InChI=1S/C28H26O4S.C21H17NO2/c1-19-5-14-26(17-20(19)2)33(29,30)27-15-16-28(21(3)18-27)32-25-12-8-23(9-13-25)22-6-10-24(31-4)11-7-22;1-15-4-3-5-21(20(15)14-22)24-19-12-8-17(9-13-19)16-6-10-18(23-2)11-7-16/h5-18H,1-4H3;3-13H,1-2H3. The van der Waals surface area contributed by atoms with E-state index in [9.17, 15) is 13.7 Å². The number of benzene rings is 7.